The number of carbonyl (C=O) groups is 1. The zero-order valence-electron chi connectivity index (χ0n) is 6.41. The van der Waals surface area contributed by atoms with E-state index in [1.807, 2.05) is 0 Å². The summed E-state index contributed by atoms with van der Waals surface area (Å²) in [5.41, 5.74) is 0.298. The molecule has 0 spiro atoms. The molecule has 0 radical (unpaired) electrons. The number of carboxylic acid groups (broad SMARTS) is 1. The van der Waals surface area contributed by atoms with E-state index in [0.717, 1.165) is 6.07 Å². The number of aromatic nitrogens is 2. The molecule has 0 aliphatic rings. The second-order valence-corrected chi connectivity index (χ2v) is 2.59. The lowest BCUT2D eigenvalue weighted by Gasteiger charge is -1.95. The van der Waals surface area contributed by atoms with Crippen LogP contribution in [0.15, 0.2) is 18.3 Å². The minimum absolute atomic E-state index is 0.0887. The number of H-pyrrole nitrogens is 1. The fourth-order valence-electron chi connectivity index (χ4n) is 1.13. The van der Waals surface area contributed by atoms with Crippen LogP contribution in [0, 0.1) is 5.82 Å². The van der Waals surface area contributed by atoms with Crippen LogP contribution in [0.1, 0.15) is 10.4 Å². The molecule has 4 nitrogen and oxygen atoms in total. The molecule has 0 bridgehead atoms. The second-order valence-electron chi connectivity index (χ2n) is 2.59. The van der Waals surface area contributed by atoms with Crippen molar-refractivity contribution in [3.05, 3.63) is 29.7 Å². The standard InChI is InChI=1S/C8H5FN2O2/c9-6-1-4(8(12)13)2-7-5(6)3-10-11-7/h1-3H,(H,10,11)(H,12,13). The van der Waals surface area contributed by atoms with Crippen LogP contribution < -0.4 is 0 Å². The molecule has 0 amide bonds. The van der Waals surface area contributed by atoms with Gasteiger partial charge in [0.05, 0.1) is 22.7 Å². The van der Waals surface area contributed by atoms with E-state index in [1.165, 1.54) is 12.3 Å². The summed E-state index contributed by atoms with van der Waals surface area (Å²) < 4.78 is 13.1. The summed E-state index contributed by atoms with van der Waals surface area (Å²) in [5, 5.41) is 15.0. The zero-order chi connectivity index (χ0) is 9.42. The summed E-state index contributed by atoms with van der Waals surface area (Å²) in [6.07, 6.45) is 1.32. The largest absolute Gasteiger partial charge is 0.478 e. The minimum atomic E-state index is -1.16. The fraction of sp³-hybridized carbons (Fsp3) is 0. The number of carboxylic acids is 1. The second kappa shape index (κ2) is 2.55. The first kappa shape index (κ1) is 7.72. The number of nitrogens with one attached hydrogen (secondary N) is 1. The van der Waals surface area contributed by atoms with Crippen LogP contribution in [0.4, 0.5) is 4.39 Å². The van der Waals surface area contributed by atoms with Crippen LogP contribution in [0.2, 0.25) is 0 Å². The Morgan fingerprint density at radius 3 is 3.00 bits per heavy atom. The lowest BCUT2D eigenvalue weighted by atomic mass is 10.1. The topological polar surface area (TPSA) is 66.0 Å². The summed E-state index contributed by atoms with van der Waals surface area (Å²) in [7, 11) is 0. The molecule has 1 aromatic carbocycles. The summed E-state index contributed by atoms with van der Waals surface area (Å²) >= 11 is 0. The average molecular weight is 180 g/mol. The Kier molecular flexibility index (Phi) is 1.51. The first-order valence-electron chi connectivity index (χ1n) is 3.54. The van der Waals surface area contributed by atoms with Crippen molar-refractivity contribution < 1.29 is 14.3 Å². The number of aromatic amines is 1. The van der Waals surface area contributed by atoms with Crippen molar-refractivity contribution in [1.82, 2.24) is 10.2 Å². The van der Waals surface area contributed by atoms with Gasteiger partial charge in [0.2, 0.25) is 0 Å². The number of hydrogen-bond acceptors (Lipinski definition) is 2. The Labute approximate surface area is 72.0 Å². The van der Waals surface area contributed by atoms with E-state index in [4.69, 9.17) is 5.11 Å². The Morgan fingerprint density at radius 2 is 2.31 bits per heavy atom. The first-order valence-corrected chi connectivity index (χ1v) is 3.54. The van der Waals surface area contributed by atoms with Crippen LogP contribution in [0.5, 0.6) is 0 Å². The lowest BCUT2D eigenvalue weighted by molar-refractivity contribution is 0.0696. The highest BCUT2D eigenvalue weighted by atomic mass is 19.1. The maximum Gasteiger partial charge on any atom is 0.335 e. The number of benzene rings is 1. The highest BCUT2D eigenvalue weighted by Crippen LogP contribution is 2.17. The SMILES string of the molecule is O=C(O)c1cc(F)c2cn[nH]c2c1. The number of halogens is 1. The third-order valence-corrected chi connectivity index (χ3v) is 1.76. The number of rotatable bonds is 1. The van der Waals surface area contributed by atoms with Crippen molar-refractivity contribution in [2.45, 2.75) is 0 Å². The Hall–Kier alpha value is -1.91. The minimum Gasteiger partial charge on any atom is -0.478 e. The van der Waals surface area contributed by atoms with Gasteiger partial charge in [-0.2, -0.15) is 5.10 Å². The molecule has 66 valence electrons. The molecule has 5 heteroatoms. The average Bonchev–Trinajstić information content (AvgIpc) is 2.51. The number of aromatic carboxylic acids is 1. The van der Waals surface area contributed by atoms with Crippen molar-refractivity contribution >= 4 is 16.9 Å². The van der Waals surface area contributed by atoms with Crippen LogP contribution in [0.3, 0.4) is 0 Å². The van der Waals surface area contributed by atoms with Gasteiger partial charge >= 0.3 is 5.97 Å². The Bertz CT molecular complexity index is 478. The van der Waals surface area contributed by atoms with Gasteiger partial charge in [-0.1, -0.05) is 0 Å². The monoisotopic (exact) mass is 180 g/mol. The third-order valence-electron chi connectivity index (χ3n) is 1.76. The quantitative estimate of drug-likeness (QED) is 0.697. The van der Waals surface area contributed by atoms with E-state index in [9.17, 15) is 9.18 Å². The van der Waals surface area contributed by atoms with E-state index < -0.39 is 11.8 Å². The Balaban J connectivity index is 2.77. The van der Waals surface area contributed by atoms with Gasteiger partial charge in [0.15, 0.2) is 0 Å². The van der Waals surface area contributed by atoms with Gasteiger partial charge < -0.3 is 5.11 Å². The van der Waals surface area contributed by atoms with Crippen molar-refractivity contribution in [3.63, 3.8) is 0 Å². The van der Waals surface area contributed by atoms with Crippen LogP contribution in [-0.4, -0.2) is 21.3 Å². The highest BCUT2D eigenvalue weighted by molar-refractivity contribution is 5.93. The number of hydrogen-bond donors (Lipinski definition) is 2. The van der Waals surface area contributed by atoms with E-state index in [0.29, 0.717) is 10.9 Å². The molecule has 2 N–H and O–H groups in total. The van der Waals surface area contributed by atoms with Crippen molar-refractivity contribution in [2.75, 3.05) is 0 Å². The predicted molar refractivity (Wildman–Crippen MR) is 43.0 cm³/mol. The lowest BCUT2D eigenvalue weighted by Crippen LogP contribution is -1.96. The first-order chi connectivity index (χ1) is 6.18. The van der Waals surface area contributed by atoms with Crippen molar-refractivity contribution in [2.24, 2.45) is 0 Å². The van der Waals surface area contributed by atoms with Crippen LogP contribution in [0.25, 0.3) is 10.9 Å². The number of fused-ring (bicyclic) bond motifs is 1. The predicted octanol–water partition coefficient (Wildman–Crippen LogP) is 1.40. The van der Waals surface area contributed by atoms with Gasteiger partial charge in [0.1, 0.15) is 5.82 Å². The third kappa shape index (κ3) is 1.14. The van der Waals surface area contributed by atoms with Crippen LogP contribution in [-0.2, 0) is 0 Å². The molecule has 0 aliphatic heterocycles. The van der Waals surface area contributed by atoms with Gasteiger partial charge in [-0.3, -0.25) is 5.10 Å². The molecule has 1 aromatic heterocycles. The van der Waals surface area contributed by atoms with Crippen molar-refractivity contribution in [3.8, 4) is 0 Å². The van der Waals surface area contributed by atoms with Crippen LogP contribution >= 0.6 is 0 Å². The fourth-order valence-corrected chi connectivity index (χ4v) is 1.13. The van der Waals surface area contributed by atoms with Gasteiger partial charge in [0.25, 0.3) is 0 Å². The van der Waals surface area contributed by atoms with Gasteiger partial charge in [-0.15, -0.1) is 0 Å². The molecular formula is C8H5FN2O2. The van der Waals surface area contributed by atoms with Crippen molar-refractivity contribution in [1.29, 1.82) is 0 Å². The Morgan fingerprint density at radius 1 is 1.54 bits per heavy atom. The zero-order valence-corrected chi connectivity index (χ0v) is 6.41. The molecule has 0 saturated heterocycles. The van der Waals surface area contributed by atoms with Gasteiger partial charge in [-0.05, 0) is 12.1 Å². The molecule has 2 aromatic rings. The summed E-state index contributed by atoms with van der Waals surface area (Å²) in [6, 6.07) is 2.31. The number of nitrogens with zero attached hydrogens (tertiary/aromatic N) is 1. The maximum absolute atomic E-state index is 13.1. The molecule has 0 saturated carbocycles. The molecule has 13 heavy (non-hydrogen) atoms. The van der Waals surface area contributed by atoms with E-state index in [2.05, 4.69) is 10.2 Å². The molecule has 0 aliphatic carbocycles. The highest BCUT2D eigenvalue weighted by Gasteiger charge is 2.09. The van der Waals surface area contributed by atoms with Gasteiger partial charge in [0, 0.05) is 0 Å². The summed E-state index contributed by atoms with van der Waals surface area (Å²) in [5.74, 6) is -1.74. The summed E-state index contributed by atoms with van der Waals surface area (Å²) in [4.78, 5) is 10.5. The molecule has 0 fully saturated rings. The van der Waals surface area contributed by atoms with E-state index in [1.54, 1.807) is 0 Å². The molecule has 0 atom stereocenters. The van der Waals surface area contributed by atoms with E-state index >= 15 is 0 Å². The molecule has 0 unspecified atom stereocenters. The smallest absolute Gasteiger partial charge is 0.335 e. The molecule has 1 heterocycles. The maximum atomic E-state index is 13.1. The molecule has 2 rings (SSSR count). The summed E-state index contributed by atoms with van der Waals surface area (Å²) in [6.45, 7) is 0. The van der Waals surface area contributed by atoms with E-state index in [-0.39, 0.29) is 5.56 Å². The molecular weight excluding hydrogens is 175 g/mol. The van der Waals surface area contributed by atoms with Gasteiger partial charge in [-0.25, -0.2) is 9.18 Å². The normalized spacial score (nSPS) is 10.5.